The third-order valence-electron chi connectivity index (χ3n) is 4.60. The zero-order valence-corrected chi connectivity index (χ0v) is 13.2. The van der Waals surface area contributed by atoms with Crippen molar-refractivity contribution >= 4 is 0 Å². The number of nitrogens with zero attached hydrogens (tertiary/aromatic N) is 2. The van der Waals surface area contributed by atoms with Gasteiger partial charge in [0.1, 0.15) is 0 Å². The Hall–Kier alpha value is -0.830. The molecule has 3 nitrogen and oxygen atoms in total. The van der Waals surface area contributed by atoms with E-state index in [2.05, 4.69) is 37.7 Å². The fourth-order valence-corrected chi connectivity index (χ4v) is 3.77. The average Bonchev–Trinajstić information content (AvgIpc) is 2.61. The second-order valence-electron chi connectivity index (χ2n) is 6.52. The van der Waals surface area contributed by atoms with Crippen LogP contribution in [-0.4, -0.2) is 23.4 Å². The van der Waals surface area contributed by atoms with Gasteiger partial charge in [-0.3, -0.25) is 4.68 Å². The summed E-state index contributed by atoms with van der Waals surface area (Å²) in [4.78, 5) is 0. The maximum absolute atomic E-state index is 4.84. The summed E-state index contributed by atoms with van der Waals surface area (Å²) >= 11 is 0. The summed E-state index contributed by atoms with van der Waals surface area (Å²) in [5.41, 5.74) is 4.05. The molecule has 2 atom stereocenters. The Kier molecular flexibility index (Phi) is 4.67. The molecule has 19 heavy (non-hydrogen) atoms. The Balaban J connectivity index is 2.20. The molecule has 1 aromatic heterocycles. The molecule has 1 fully saturated rings. The molecule has 2 unspecified atom stereocenters. The molecule has 1 aliphatic rings. The van der Waals surface area contributed by atoms with E-state index >= 15 is 0 Å². The Morgan fingerprint density at radius 2 is 1.79 bits per heavy atom. The lowest BCUT2D eigenvalue weighted by Crippen LogP contribution is -2.24. The van der Waals surface area contributed by atoms with Crippen molar-refractivity contribution in [2.75, 3.05) is 13.6 Å². The molecular weight excluding hydrogens is 234 g/mol. The summed E-state index contributed by atoms with van der Waals surface area (Å²) in [6.07, 6.45) is 5.05. The van der Waals surface area contributed by atoms with Crippen LogP contribution in [0.5, 0.6) is 0 Å². The summed E-state index contributed by atoms with van der Waals surface area (Å²) in [6, 6.07) is 0.612. The molecule has 0 aliphatic heterocycles. The lowest BCUT2D eigenvalue weighted by molar-refractivity contribution is 0.207. The number of nitrogens with one attached hydrogen (secondary N) is 1. The van der Waals surface area contributed by atoms with Crippen LogP contribution in [0.25, 0.3) is 0 Å². The highest BCUT2D eigenvalue weighted by Gasteiger charge is 2.27. The summed E-state index contributed by atoms with van der Waals surface area (Å²) in [5.74, 6) is 1.66. The van der Waals surface area contributed by atoms with Gasteiger partial charge in [0.15, 0.2) is 0 Å². The molecule has 1 N–H and O–H groups in total. The van der Waals surface area contributed by atoms with Crippen molar-refractivity contribution in [1.29, 1.82) is 0 Å². The van der Waals surface area contributed by atoms with Crippen molar-refractivity contribution in [1.82, 2.24) is 15.1 Å². The van der Waals surface area contributed by atoms with E-state index in [1.807, 2.05) is 7.05 Å². The van der Waals surface area contributed by atoms with Crippen LogP contribution in [0.3, 0.4) is 0 Å². The summed E-state index contributed by atoms with van der Waals surface area (Å²) in [6.45, 7) is 10.2. The van der Waals surface area contributed by atoms with Gasteiger partial charge in [-0.15, -0.1) is 0 Å². The maximum Gasteiger partial charge on any atom is 0.0629 e. The highest BCUT2D eigenvalue weighted by molar-refractivity contribution is 5.25. The van der Waals surface area contributed by atoms with E-state index in [1.54, 1.807) is 0 Å². The topological polar surface area (TPSA) is 29.9 Å². The molecule has 0 amide bonds. The molecule has 1 aromatic rings. The molecule has 0 radical (unpaired) electrons. The van der Waals surface area contributed by atoms with Crippen molar-refractivity contribution < 1.29 is 0 Å². The molecule has 2 rings (SSSR count). The number of aryl methyl sites for hydroxylation is 1. The van der Waals surface area contributed by atoms with Gasteiger partial charge >= 0.3 is 0 Å². The van der Waals surface area contributed by atoms with Crippen molar-refractivity contribution in [2.24, 2.45) is 11.8 Å². The second-order valence-corrected chi connectivity index (χ2v) is 6.52. The number of rotatable bonds is 4. The molecule has 108 valence electrons. The van der Waals surface area contributed by atoms with Gasteiger partial charge in [0.05, 0.1) is 11.7 Å². The summed E-state index contributed by atoms with van der Waals surface area (Å²) in [7, 11) is 2.01. The second kappa shape index (κ2) is 6.08. The van der Waals surface area contributed by atoms with E-state index < -0.39 is 0 Å². The van der Waals surface area contributed by atoms with E-state index in [-0.39, 0.29) is 0 Å². The predicted molar refractivity (Wildman–Crippen MR) is 80.5 cm³/mol. The molecule has 0 saturated heterocycles. The van der Waals surface area contributed by atoms with Crippen molar-refractivity contribution in [2.45, 2.75) is 59.4 Å². The zero-order valence-electron chi connectivity index (χ0n) is 13.2. The van der Waals surface area contributed by atoms with Crippen LogP contribution in [-0.2, 0) is 6.42 Å². The van der Waals surface area contributed by atoms with E-state index in [0.717, 1.165) is 24.8 Å². The fourth-order valence-electron chi connectivity index (χ4n) is 3.77. The van der Waals surface area contributed by atoms with Crippen LogP contribution in [0, 0.1) is 25.7 Å². The number of likely N-dealkylation sites (N-methyl/N-ethyl adjacent to an activating group) is 1. The Morgan fingerprint density at radius 3 is 2.37 bits per heavy atom. The van der Waals surface area contributed by atoms with Gasteiger partial charge in [0, 0.05) is 5.69 Å². The predicted octanol–water partition coefficient (Wildman–Crippen LogP) is 3.26. The van der Waals surface area contributed by atoms with Gasteiger partial charge in [-0.25, -0.2) is 0 Å². The fraction of sp³-hybridized carbons (Fsp3) is 0.812. The lowest BCUT2D eigenvalue weighted by Gasteiger charge is -2.32. The van der Waals surface area contributed by atoms with E-state index in [9.17, 15) is 0 Å². The van der Waals surface area contributed by atoms with Crippen LogP contribution >= 0.6 is 0 Å². The third kappa shape index (κ3) is 3.19. The first-order valence-electron chi connectivity index (χ1n) is 7.72. The van der Waals surface area contributed by atoms with Gasteiger partial charge in [-0.2, -0.15) is 5.10 Å². The molecule has 1 heterocycles. The minimum absolute atomic E-state index is 0.612. The molecule has 1 aliphatic carbocycles. The monoisotopic (exact) mass is 263 g/mol. The quantitative estimate of drug-likeness (QED) is 0.903. The van der Waals surface area contributed by atoms with Gasteiger partial charge in [-0.1, -0.05) is 13.8 Å². The van der Waals surface area contributed by atoms with Crippen LogP contribution in [0.1, 0.15) is 56.1 Å². The van der Waals surface area contributed by atoms with Gasteiger partial charge < -0.3 is 5.32 Å². The maximum atomic E-state index is 4.84. The van der Waals surface area contributed by atoms with Crippen molar-refractivity contribution in [3.05, 3.63) is 17.0 Å². The smallest absolute Gasteiger partial charge is 0.0629 e. The first-order chi connectivity index (χ1) is 9.02. The SMILES string of the molecule is CNCCc1c(C)nn(C2CC(C)CC(C)C2)c1C. The third-order valence-corrected chi connectivity index (χ3v) is 4.60. The average molecular weight is 263 g/mol. The summed E-state index contributed by atoms with van der Waals surface area (Å²) in [5, 5.41) is 8.08. The first-order valence-corrected chi connectivity index (χ1v) is 7.72. The Bertz CT molecular complexity index is 412. The van der Waals surface area contributed by atoms with Gasteiger partial charge in [0.25, 0.3) is 0 Å². The molecular formula is C16H29N3. The molecule has 1 saturated carbocycles. The van der Waals surface area contributed by atoms with Crippen LogP contribution in [0.4, 0.5) is 0 Å². The minimum Gasteiger partial charge on any atom is -0.319 e. The highest BCUT2D eigenvalue weighted by atomic mass is 15.3. The van der Waals surface area contributed by atoms with Crippen molar-refractivity contribution in [3.8, 4) is 0 Å². The first kappa shape index (κ1) is 14.6. The lowest BCUT2D eigenvalue weighted by atomic mass is 9.80. The molecule has 0 bridgehead atoms. The highest BCUT2D eigenvalue weighted by Crippen LogP contribution is 2.36. The normalized spacial score (nSPS) is 27.7. The Labute approximate surface area is 117 Å². The van der Waals surface area contributed by atoms with Crippen LogP contribution in [0.2, 0.25) is 0 Å². The minimum atomic E-state index is 0.612. The van der Waals surface area contributed by atoms with E-state index in [1.165, 1.54) is 36.2 Å². The van der Waals surface area contributed by atoms with E-state index in [4.69, 9.17) is 5.10 Å². The largest absolute Gasteiger partial charge is 0.319 e. The number of aromatic nitrogens is 2. The van der Waals surface area contributed by atoms with Crippen LogP contribution in [0.15, 0.2) is 0 Å². The van der Waals surface area contributed by atoms with Crippen molar-refractivity contribution in [3.63, 3.8) is 0 Å². The standard InChI is InChI=1S/C16H29N3/c1-11-8-12(2)10-15(9-11)19-14(4)16(6-7-17-5)13(3)18-19/h11-12,15,17H,6-10H2,1-5H3. The number of hydrogen-bond donors (Lipinski definition) is 1. The van der Waals surface area contributed by atoms with Crippen LogP contribution < -0.4 is 5.32 Å². The zero-order chi connectivity index (χ0) is 14.0. The van der Waals surface area contributed by atoms with Gasteiger partial charge in [-0.05, 0) is 70.5 Å². The van der Waals surface area contributed by atoms with Gasteiger partial charge in [0.2, 0.25) is 0 Å². The molecule has 0 aromatic carbocycles. The molecule has 0 spiro atoms. The summed E-state index contributed by atoms with van der Waals surface area (Å²) < 4.78 is 2.33. The molecule has 3 heteroatoms. The Morgan fingerprint density at radius 1 is 1.16 bits per heavy atom. The van der Waals surface area contributed by atoms with E-state index in [0.29, 0.717) is 6.04 Å². The number of hydrogen-bond acceptors (Lipinski definition) is 2.